The van der Waals surface area contributed by atoms with Gasteiger partial charge in [-0.05, 0) is 12.8 Å². The second-order valence-corrected chi connectivity index (χ2v) is 2.47. The average molecular weight is 117 g/mol. The van der Waals surface area contributed by atoms with Crippen molar-refractivity contribution < 1.29 is 4.57 Å². The van der Waals surface area contributed by atoms with Crippen LogP contribution in [0.4, 0.5) is 0 Å². The Balaban J connectivity index is 2.26. The van der Waals surface area contributed by atoms with Gasteiger partial charge >= 0.3 is 0 Å². The third-order valence-electron chi connectivity index (χ3n) is 1.20. The normalized spacial score (nSPS) is 24.0. The third-order valence-corrected chi connectivity index (χ3v) is 1.83. The topological polar surface area (TPSA) is 20.3 Å². The zero-order valence-electron chi connectivity index (χ0n) is 4.13. The van der Waals surface area contributed by atoms with Gasteiger partial charge in [0.05, 0.1) is 0 Å². The predicted molar refractivity (Wildman–Crippen MR) is 28.4 cm³/mol. The fourth-order valence-electron chi connectivity index (χ4n) is 0.782. The molecule has 1 heterocycles. The molecular formula is C4H8NOP. The molecule has 0 spiro atoms. The maximum Gasteiger partial charge on any atom is 0.248 e. The monoisotopic (exact) mass is 117 g/mol. The first-order valence-electron chi connectivity index (χ1n) is 2.52. The smallest absolute Gasteiger partial charge is 0.248 e. The van der Waals surface area contributed by atoms with E-state index in [1.807, 2.05) is 4.67 Å². The van der Waals surface area contributed by atoms with Gasteiger partial charge < -0.3 is 0 Å². The van der Waals surface area contributed by atoms with Crippen LogP contribution in [0.5, 0.6) is 0 Å². The van der Waals surface area contributed by atoms with Crippen LogP contribution in [0.1, 0.15) is 12.8 Å². The van der Waals surface area contributed by atoms with Gasteiger partial charge in [0, 0.05) is 13.1 Å². The molecule has 0 N–H and O–H groups in total. The van der Waals surface area contributed by atoms with Crippen molar-refractivity contribution in [1.29, 1.82) is 0 Å². The molecule has 0 aliphatic carbocycles. The van der Waals surface area contributed by atoms with Gasteiger partial charge in [0.15, 0.2) is 0 Å². The Kier molecular flexibility index (Phi) is 1.77. The summed E-state index contributed by atoms with van der Waals surface area (Å²) in [5, 5.41) is 0. The minimum absolute atomic E-state index is 0.205. The predicted octanol–water partition coefficient (Wildman–Crippen LogP) is 1.29. The number of hydrogen-bond donors (Lipinski definition) is 0. The molecule has 1 fully saturated rings. The molecule has 0 aromatic carbocycles. The lowest BCUT2D eigenvalue weighted by Crippen LogP contribution is -2.03. The summed E-state index contributed by atoms with van der Waals surface area (Å²) in [6.07, 6.45) is 2.44. The zero-order valence-corrected chi connectivity index (χ0v) is 5.03. The van der Waals surface area contributed by atoms with Crippen LogP contribution >= 0.6 is 8.61 Å². The van der Waals surface area contributed by atoms with Crippen molar-refractivity contribution in [1.82, 2.24) is 4.67 Å². The molecule has 7 heavy (non-hydrogen) atoms. The van der Waals surface area contributed by atoms with Crippen molar-refractivity contribution in [3.8, 4) is 0 Å². The Labute approximate surface area is 44.8 Å². The van der Waals surface area contributed by atoms with Crippen LogP contribution in [-0.2, 0) is 4.57 Å². The van der Waals surface area contributed by atoms with Gasteiger partial charge in [0.2, 0.25) is 8.61 Å². The van der Waals surface area contributed by atoms with Crippen LogP contribution in [0.25, 0.3) is 0 Å². The quantitative estimate of drug-likeness (QED) is 0.482. The van der Waals surface area contributed by atoms with Crippen molar-refractivity contribution in [3.63, 3.8) is 0 Å². The number of nitrogens with zero attached hydrogens (tertiary/aromatic N) is 1. The Morgan fingerprint density at radius 1 is 1.29 bits per heavy atom. The zero-order chi connectivity index (χ0) is 5.11. The summed E-state index contributed by atoms with van der Waals surface area (Å²) in [5.41, 5.74) is 0. The van der Waals surface area contributed by atoms with Gasteiger partial charge in [0.1, 0.15) is 0 Å². The highest BCUT2D eigenvalue weighted by Gasteiger charge is 2.09. The average Bonchev–Trinajstić information content (AvgIpc) is 2.14. The highest BCUT2D eigenvalue weighted by Crippen LogP contribution is 2.14. The summed E-state index contributed by atoms with van der Waals surface area (Å²) in [7, 11) is 0.205. The van der Waals surface area contributed by atoms with Crippen LogP contribution in [0, 0.1) is 0 Å². The van der Waals surface area contributed by atoms with E-state index >= 15 is 0 Å². The first-order valence-corrected chi connectivity index (χ1v) is 3.28. The lowest BCUT2D eigenvalue weighted by molar-refractivity contribution is 0.511. The van der Waals surface area contributed by atoms with Crippen LogP contribution < -0.4 is 0 Å². The Bertz CT molecular complexity index is 70.1. The second kappa shape index (κ2) is 2.39. The fraction of sp³-hybridized carbons (Fsp3) is 1.00. The standard InChI is InChI=1S/C4H8NOP/c6-7-5-3-1-2-4-5/h1-4H2. The van der Waals surface area contributed by atoms with Crippen LogP contribution in [0.15, 0.2) is 0 Å². The molecule has 0 unspecified atom stereocenters. The summed E-state index contributed by atoms with van der Waals surface area (Å²) < 4.78 is 11.9. The molecule has 1 rings (SSSR count). The highest BCUT2D eigenvalue weighted by atomic mass is 31.1. The minimum atomic E-state index is 0.205. The minimum Gasteiger partial charge on any atom is -0.256 e. The van der Waals surface area contributed by atoms with Crippen molar-refractivity contribution >= 4 is 8.61 Å². The van der Waals surface area contributed by atoms with Gasteiger partial charge in [-0.2, -0.15) is 0 Å². The van der Waals surface area contributed by atoms with Crippen LogP contribution in [-0.4, -0.2) is 17.8 Å². The second-order valence-electron chi connectivity index (χ2n) is 1.74. The van der Waals surface area contributed by atoms with E-state index in [0.29, 0.717) is 0 Å². The van der Waals surface area contributed by atoms with E-state index in [1.165, 1.54) is 12.8 Å². The van der Waals surface area contributed by atoms with Gasteiger partial charge in [-0.25, -0.2) is 4.67 Å². The fourth-order valence-corrected chi connectivity index (χ4v) is 1.23. The van der Waals surface area contributed by atoms with E-state index in [1.54, 1.807) is 0 Å². The lowest BCUT2D eigenvalue weighted by Gasteiger charge is -1.97. The summed E-state index contributed by atoms with van der Waals surface area (Å²) in [5.74, 6) is 0. The molecule has 1 aliphatic heterocycles. The van der Waals surface area contributed by atoms with Crippen molar-refractivity contribution in [2.45, 2.75) is 12.8 Å². The molecule has 1 saturated heterocycles. The van der Waals surface area contributed by atoms with Crippen molar-refractivity contribution in [2.24, 2.45) is 0 Å². The first-order chi connectivity index (χ1) is 3.43. The Morgan fingerprint density at radius 2 is 1.86 bits per heavy atom. The van der Waals surface area contributed by atoms with Gasteiger partial charge in [-0.3, -0.25) is 4.57 Å². The molecule has 0 atom stereocenters. The summed E-state index contributed by atoms with van der Waals surface area (Å²) >= 11 is 0. The Morgan fingerprint density at radius 3 is 2.14 bits per heavy atom. The van der Waals surface area contributed by atoms with Crippen LogP contribution in [0.3, 0.4) is 0 Å². The molecule has 0 aromatic rings. The molecular weight excluding hydrogens is 109 g/mol. The van der Waals surface area contributed by atoms with Gasteiger partial charge in [-0.15, -0.1) is 0 Å². The molecule has 1 aliphatic rings. The van der Waals surface area contributed by atoms with E-state index < -0.39 is 0 Å². The van der Waals surface area contributed by atoms with Crippen LogP contribution in [0.2, 0.25) is 0 Å². The van der Waals surface area contributed by atoms with E-state index in [9.17, 15) is 4.57 Å². The van der Waals surface area contributed by atoms with Crippen molar-refractivity contribution in [3.05, 3.63) is 0 Å². The SMILES string of the molecule is O=PN1CCCC1. The number of rotatable bonds is 1. The molecule has 40 valence electrons. The molecule has 2 nitrogen and oxygen atoms in total. The highest BCUT2D eigenvalue weighted by molar-refractivity contribution is 7.20. The summed E-state index contributed by atoms with van der Waals surface area (Å²) in [6, 6.07) is 0. The molecule has 3 heteroatoms. The Hall–Kier alpha value is 0.0600. The third kappa shape index (κ3) is 1.22. The van der Waals surface area contributed by atoms with E-state index in [4.69, 9.17) is 0 Å². The first kappa shape index (κ1) is 5.20. The molecule has 0 aromatic heterocycles. The molecule has 0 bridgehead atoms. The van der Waals surface area contributed by atoms with E-state index in [-0.39, 0.29) is 8.61 Å². The largest absolute Gasteiger partial charge is 0.256 e. The van der Waals surface area contributed by atoms with E-state index in [0.717, 1.165) is 13.1 Å². The number of hydrogen-bond acceptors (Lipinski definition) is 1. The maximum absolute atomic E-state index is 10.0. The van der Waals surface area contributed by atoms with E-state index in [2.05, 4.69) is 0 Å². The molecule has 0 amide bonds. The summed E-state index contributed by atoms with van der Waals surface area (Å²) in [4.78, 5) is 0. The maximum atomic E-state index is 10.0. The lowest BCUT2D eigenvalue weighted by atomic mass is 10.4. The van der Waals surface area contributed by atoms with Gasteiger partial charge in [-0.1, -0.05) is 0 Å². The summed E-state index contributed by atoms with van der Waals surface area (Å²) in [6.45, 7) is 2.04. The molecule has 0 saturated carbocycles. The van der Waals surface area contributed by atoms with Gasteiger partial charge in [0.25, 0.3) is 0 Å². The molecule has 0 radical (unpaired) electrons. The van der Waals surface area contributed by atoms with Crippen molar-refractivity contribution in [2.75, 3.05) is 13.1 Å².